The van der Waals surface area contributed by atoms with Crippen LogP contribution in [0.15, 0.2) is 48.5 Å². The standard InChI is InChI=1S/C29H28N2O4S/c1-16-9-14-21-23(15-16)36-28(25(21)29(33)35-4)31-27(32)24-17(2)26(18-10-12-19(34-3)13-11-18)30-22-8-6-5-7-20(22)24/h5-8,10-13,16H,9,14-15H2,1-4H3,(H,31,32). The summed E-state index contributed by atoms with van der Waals surface area (Å²) in [6, 6.07) is 15.3. The summed E-state index contributed by atoms with van der Waals surface area (Å²) >= 11 is 1.49. The summed E-state index contributed by atoms with van der Waals surface area (Å²) < 4.78 is 10.4. The highest BCUT2D eigenvalue weighted by atomic mass is 32.1. The quantitative estimate of drug-likeness (QED) is 0.319. The van der Waals surface area contributed by atoms with E-state index in [9.17, 15) is 9.59 Å². The fourth-order valence-electron chi connectivity index (χ4n) is 4.95. The molecule has 2 heterocycles. The number of ether oxygens (including phenoxy) is 2. The maximum Gasteiger partial charge on any atom is 0.341 e. The maximum absolute atomic E-state index is 13.9. The number of carbonyl (C=O) groups is 2. The fourth-order valence-corrected chi connectivity index (χ4v) is 6.35. The van der Waals surface area contributed by atoms with Crippen molar-refractivity contribution >= 4 is 39.1 Å². The van der Waals surface area contributed by atoms with Gasteiger partial charge in [-0.15, -0.1) is 11.3 Å². The first-order chi connectivity index (χ1) is 17.4. The van der Waals surface area contributed by atoms with Crippen molar-refractivity contribution in [1.29, 1.82) is 0 Å². The lowest BCUT2D eigenvalue weighted by atomic mass is 9.88. The monoisotopic (exact) mass is 500 g/mol. The van der Waals surface area contributed by atoms with Crippen molar-refractivity contribution in [3.8, 4) is 17.0 Å². The van der Waals surface area contributed by atoms with Crippen molar-refractivity contribution in [2.75, 3.05) is 19.5 Å². The van der Waals surface area contributed by atoms with Crippen molar-refractivity contribution in [3.05, 3.63) is 75.7 Å². The van der Waals surface area contributed by atoms with Crippen LogP contribution in [-0.2, 0) is 17.6 Å². The second-order valence-electron chi connectivity index (χ2n) is 9.21. The number of pyridine rings is 1. The van der Waals surface area contributed by atoms with E-state index in [1.807, 2.05) is 55.5 Å². The van der Waals surface area contributed by atoms with Crippen LogP contribution in [0, 0.1) is 12.8 Å². The summed E-state index contributed by atoms with van der Waals surface area (Å²) in [7, 11) is 3.01. The number of thiophene rings is 1. The van der Waals surface area contributed by atoms with E-state index in [0.717, 1.165) is 63.2 Å². The summed E-state index contributed by atoms with van der Waals surface area (Å²) in [5.41, 5.74) is 5.16. The number of para-hydroxylation sites is 1. The number of nitrogens with one attached hydrogen (secondary N) is 1. The molecule has 2 aromatic heterocycles. The first kappa shape index (κ1) is 24.0. The van der Waals surface area contributed by atoms with Crippen molar-refractivity contribution in [2.24, 2.45) is 5.92 Å². The number of methoxy groups -OCH3 is 2. The van der Waals surface area contributed by atoms with Gasteiger partial charge >= 0.3 is 5.97 Å². The molecule has 0 saturated carbocycles. The molecule has 4 aromatic rings. The Hall–Kier alpha value is -3.71. The van der Waals surface area contributed by atoms with E-state index in [2.05, 4.69) is 12.2 Å². The molecule has 1 amide bonds. The zero-order chi connectivity index (χ0) is 25.4. The maximum atomic E-state index is 13.9. The highest BCUT2D eigenvalue weighted by molar-refractivity contribution is 7.17. The molecule has 1 aliphatic carbocycles. The highest BCUT2D eigenvalue weighted by Crippen LogP contribution is 2.41. The molecule has 0 spiro atoms. The van der Waals surface area contributed by atoms with Crippen LogP contribution in [0.25, 0.3) is 22.2 Å². The number of nitrogens with zero attached hydrogens (tertiary/aromatic N) is 1. The van der Waals surface area contributed by atoms with Gasteiger partial charge in [0.05, 0.1) is 36.6 Å². The van der Waals surface area contributed by atoms with Gasteiger partial charge < -0.3 is 14.8 Å². The third-order valence-electron chi connectivity index (χ3n) is 6.85. The normalized spacial score (nSPS) is 14.8. The molecular weight excluding hydrogens is 472 g/mol. The average Bonchev–Trinajstić information content (AvgIpc) is 3.24. The molecule has 184 valence electrons. The lowest BCUT2D eigenvalue weighted by Crippen LogP contribution is -2.17. The number of hydrogen-bond acceptors (Lipinski definition) is 6. The fraction of sp³-hybridized carbons (Fsp3) is 0.276. The topological polar surface area (TPSA) is 77.5 Å². The molecule has 0 bridgehead atoms. The smallest absolute Gasteiger partial charge is 0.341 e. The van der Waals surface area contributed by atoms with Gasteiger partial charge in [-0.3, -0.25) is 4.79 Å². The largest absolute Gasteiger partial charge is 0.497 e. The number of rotatable bonds is 5. The lowest BCUT2D eigenvalue weighted by Gasteiger charge is -2.18. The van der Waals surface area contributed by atoms with Gasteiger partial charge in [-0.1, -0.05) is 25.1 Å². The van der Waals surface area contributed by atoms with Crippen molar-refractivity contribution in [1.82, 2.24) is 4.98 Å². The SMILES string of the molecule is COC(=O)c1c(NC(=O)c2c(C)c(-c3ccc(OC)cc3)nc3ccccc23)sc2c1CCC(C)C2. The predicted molar refractivity (Wildman–Crippen MR) is 143 cm³/mol. The number of anilines is 1. The molecule has 2 aromatic carbocycles. The number of hydrogen-bond donors (Lipinski definition) is 1. The van der Waals surface area contributed by atoms with Crippen LogP contribution in [0.5, 0.6) is 5.75 Å². The Morgan fingerprint density at radius 1 is 1.06 bits per heavy atom. The summed E-state index contributed by atoms with van der Waals surface area (Å²) in [4.78, 5) is 32.7. The summed E-state index contributed by atoms with van der Waals surface area (Å²) in [6.07, 6.45) is 2.73. The molecule has 1 N–H and O–H groups in total. The highest BCUT2D eigenvalue weighted by Gasteiger charge is 2.30. The molecule has 1 atom stereocenters. The van der Waals surface area contributed by atoms with E-state index in [0.29, 0.717) is 22.0 Å². The van der Waals surface area contributed by atoms with Crippen molar-refractivity contribution in [2.45, 2.75) is 33.1 Å². The molecule has 0 radical (unpaired) electrons. The van der Waals surface area contributed by atoms with Gasteiger partial charge in [-0.25, -0.2) is 9.78 Å². The van der Waals surface area contributed by atoms with Gasteiger partial charge in [0.2, 0.25) is 0 Å². The minimum Gasteiger partial charge on any atom is -0.497 e. The van der Waals surface area contributed by atoms with Gasteiger partial charge in [0.1, 0.15) is 10.8 Å². The molecular formula is C29H28N2O4S. The number of carbonyl (C=O) groups excluding carboxylic acids is 2. The number of benzene rings is 2. The van der Waals surface area contributed by atoms with E-state index in [4.69, 9.17) is 14.5 Å². The predicted octanol–water partition coefficient (Wildman–Crippen LogP) is 6.44. The Morgan fingerprint density at radius 3 is 2.53 bits per heavy atom. The molecule has 0 aliphatic heterocycles. The van der Waals surface area contributed by atoms with Gasteiger partial charge in [-0.05, 0) is 73.6 Å². The zero-order valence-corrected chi connectivity index (χ0v) is 21.6. The first-order valence-corrected chi connectivity index (χ1v) is 12.8. The van der Waals surface area contributed by atoms with Crippen LogP contribution in [0.4, 0.5) is 5.00 Å². The van der Waals surface area contributed by atoms with Gasteiger partial charge in [0, 0.05) is 15.8 Å². The third kappa shape index (κ3) is 4.24. The minimum absolute atomic E-state index is 0.266. The van der Waals surface area contributed by atoms with E-state index in [1.54, 1.807) is 7.11 Å². The van der Waals surface area contributed by atoms with Crippen LogP contribution < -0.4 is 10.1 Å². The molecule has 1 aliphatic rings. The molecule has 1 unspecified atom stereocenters. The third-order valence-corrected chi connectivity index (χ3v) is 8.02. The Kier molecular flexibility index (Phi) is 6.49. The number of aromatic nitrogens is 1. The molecule has 36 heavy (non-hydrogen) atoms. The van der Waals surface area contributed by atoms with Crippen molar-refractivity contribution < 1.29 is 19.1 Å². The number of fused-ring (bicyclic) bond motifs is 2. The molecule has 0 fully saturated rings. The average molecular weight is 501 g/mol. The van der Waals surface area contributed by atoms with E-state index >= 15 is 0 Å². The molecule has 5 rings (SSSR count). The van der Waals surface area contributed by atoms with E-state index in [-0.39, 0.29) is 5.91 Å². The Morgan fingerprint density at radius 2 is 1.81 bits per heavy atom. The second-order valence-corrected chi connectivity index (χ2v) is 10.3. The Bertz CT molecular complexity index is 1470. The first-order valence-electron chi connectivity index (χ1n) is 12.0. The van der Waals surface area contributed by atoms with E-state index < -0.39 is 5.97 Å². The van der Waals surface area contributed by atoms with Crippen LogP contribution in [0.3, 0.4) is 0 Å². The van der Waals surface area contributed by atoms with Crippen LogP contribution in [0.2, 0.25) is 0 Å². The lowest BCUT2D eigenvalue weighted by molar-refractivity contribution is 0.0601. The van der Waals surface area contributed by atoms with Gasteiger partial charge in [-0.2, -0.15) is 0 Å². The Balaban J connectivity index is 1.61. The summed E-state index contributed by atoms with van der Waals surface area (Å²) in [5.74, 6) is 0.621. The van der Waals surface area contributed by atoms with Crippen LogP contribution >= 0.6 is 11.3 Å². The summed E-state index contributed by atoms with van der Waals surface area (Å²) in [5, 5.41) is 4.39. The van der Waals surface area contributed by atoms with Gasteiger partial charge in [0.15, 0.2) is 0 Å². The second kappa shape index (κ2) is 9.74. The minimum atomic E-state index is -0.410. The van der Waals surface area contributed by atoms with Gasteiger partial charge in [0.25, 0.3) is 5.91 Å². The number of amides is 1. The van der Waals surface area contributed by atoms with E-state index in [1.165, 1.54) is 18.4 Å². The summed E-state index contributed by atoms with van der Waals surface area (Å²) in [6.45, 7) is 4.13. The molecule has 6 nitrogen and oxygen atoms in total. The number of esters is 1. The Labute approximate surface area is 214 Å². The zero-order valence-electron chi connectivity index (χ0n) is 20.8. The van der Waals surface area contributed by atoms with Crippen LogP contribution in [0.1, 0.15) is 50.1 Å². The van der Waals surface area contributed by atoms with Crippen LogP contribution in [-0.4, -0.2) is 31.1 Å². The van der Waals surface area contributed by atoms with Crippen molar-refractivity contribution in [3.63, 3.8) is 0 Å². The molecule has 0 saturated heterocycles. The molecule has 7 heteroatoms.